The van der Waals surface area contributed by atoms with Crippen LogP contribution in [-0.4, -0.2) is 34.8 Å². The number of rotatable bonds is 6. The molecule has 8 heteroatoms. The number of aryl methyl sites for hydroxylation is 1. The zero-order valence-corrected chi connectivity index (χ0v) is 11.8. The van der Waals surface area contributed by atoms with Gasteiger partial charge in [0.2, 0.25) is 10.0 Å². The number of benzene rings is 1. The molecule has 1 aromatic carbocycles. The molecule has 7 nitrogen and oxygen atoms in total. The molecule has 0 aliphatic heterocycles. The summed E-state index contributed by atoms with van der Waals surface area (Å²) in [5.41, 5.74) is 0.555. The van der Waals surface area contributed by atoms with E-state index in [4.69, 9.17) is 5.11 Å². The Morgan fingerprint density at radius 2 is 2.20 bits per heavy atom. The number of aliphatic hydroxyl groups is 1. The van der Waals surface area contributed by atoms with Crippen LogP contribution in [0.1, 0.15) is 11.4 Å². The van der Waals surface area contributed by atoms with Crippen LogP contribution in [0.2, 0.25) is 0 Å². The molecular weight excluding hydrogens is 280 g/mol. The predicted molar refractivity (Wildman–Crippen MR) is 72.3 cm³/mol. The Kier molecular flexibility index (Phi) is 4.48. The summed E-state index contributed by atoms with van der Waals surface area (Å²) in [7, 11) is -1.83. The second-order valence-electron chi connectivity index (χ2n) is 4.29. The molecule has 0 saturated heterocycles. The first-order chi connectivity index (χ1) is 9.51. The van der Waals surface area contributed by atoms with Crippen LogP contribution in [0.4, 0.5) is 0 Å². The highest BCUT2D eigenvalue weighted by Gasteiger charge is 2.14. The first-order valence-corrected chi connectivity index (χ1v) is 7.53. The smallest absolute Gasteiger partial charge is 0.240 e. The van der Waals surface area contributed by atoms with Gasteiger partial charge in [0, 0.05) is 20.0 Å². The van der Waals surface area contributed by atoms with E-state index < -0.39 is 10.0 Å². The summed E-state index contributed by atoms with van der Waals surface area (Å²) in [5, 5.41) is 13.1. The van der Waals surface area contributed by atoms with Gasteiger partial charge in [-0.2, -0.15) is 5.10 Å². The van der Waals surface area contributed by atoms with Crippen LogP contribution in [0, 0.1) is 0 Å². The lowest BCUT2D eigenvalue weighted by atomic mass is 10.2. The van der Waals surface area contributed by atoms with Gasteiger partial charge in [-0.25, -0.2) is 18.1 Å². The average Bonchev–Trinajstić information content (AvgIpc) is 2.84. The van der Waals surface area contributed by atoms with E-state index in [9.17, 15) is 8.42 Å². The average molecular weight is 296 g/mol. The normalized spacial score (nSPS) is 11.7. The minimum atomic E-state index is -3.58. The van der Waals surface area contributed by atoms with Crippen LogP contribution >= 0.6 is 0 Å². The maximum Gasteiger partial charge on any atom is 0.240 e. The monoisotopic (exact) mass is 296 g/mol. The number of hydrogen-bond acceptors (Lipinski definition) is 5. The Morgan fingerprint density at radius 1 is 1.40 bits per heavy atom. The van der Waals surface area contributed by atoms with E-state index >= 15 is 0 Å². The van der Waals surface area contributed by atoms with E-state index in [1.54, 1.807) is 30.2 Å². The zero-order valence-electron chi connectivity index (χ0n) is 11.0. The summed E-state index contributed by atoms with van der Waals surface area (Å²) >= 11 is 0. The van der Waals surface area contributed by atoms with E-state index in [1.165, 1.54) is 12.1 Å². The zero-order chi connectivity index (χ0) is 14.6. The van der Waals surface area contributed by atoms with Gasteiger partial charge >= 0.3 is 0 Å². The largest absolute Gasteiger partial charge is 0.392 e. The number of aromatic nitrogens is 3. The van der Waals surface area contributed by atoms with Gasteiger partial charge in [0.1, 0.15) is 6.33 Å². The van der Waals surface area contributed by atoms with E-state index in [0.717, 1.165) is 0 Å². The maximum absolute atomic E-state index is 12.1. The lowest BCUT2D eigenvalue weighted by molar-refractivity contribution is 0.281. The molecule has 0 radical (unpaired) electrons. The van der Waals surface area contributed by atoms with Crippen molar-refractivity contribution in [3.63, 3.8) is 0 Å². The number of nitrogens with zero attached hydrogens (tertiary/aromatic N) is 3. The van der Waals surface area contributed by atoms with Crippen LogP contribution in [-0.2, 0) is 30.1 Å². The highest BCUT2D eigenvalue weighted by molar-refractivity contribution is 7.89. The van der Waals surface area contributed by atoms with Gasteiger partial charge in [-0.05, 0) is 17.7 Å². The molecule has 2 N–H and O–H groups in total. The van der Waals surface area contributed by atoms with Crippen molar-refractivity contribution in [2.75, 3.05) is 6.54 Å². The van der Waals surface area contributed by atoms with Crippen molar-refractivity contribution < 1.29 is 13.5 Å². The Morgan fingerprint density at radius 3 is 2.85 bits per heavy atom. The van der Waals surface area contributed by atoms with Crippen molar-refractivity contribution in [1.82, 2.24) is 19.5 Å². The van der Waals surface area contributed by atoms with Crippen LogP contribution in [0.3, 0.4) is 0 Å². The second-order valence-corrected chi connectivity index (χ2v) is 6.05. The van der Waals surface area contributed by atoms with E-state index in [2.05, 4.69) is 14.8 Å². The highest BCUT2D eigenvalue weighted by Crippen LogP contribution is 2.11. The minimum absolute atomic E-state index is 0.137. The molecule has 0 saturated carbocycles. The summed E-state index contributed by atoms with van der Waals surface area (Å²) in [6.07, 6.45) is 1.98. The first kappa shape index (κ1) is 14.6. The molecule has 0 aliphatic rings. The summed E-state index contributed by atoms with van der Waals surface area (Å²) < 4.78 is 28.2. The van der Waals surface area contributed by atoms with Crippen LogP contribution in [0.15, 0.2) is 35.5 Å². The topological polar surface area (TPSA) is 97.1 Å². The third kappa shape index (κ3) is 3.62. The number of sulfonamides is 1. The third-order valence-electron chi connectivity index (χ3n) is 2.68. The molecule has 0 aliphatic carbocycles. The molecule has 0 bridgehead atoms. The quantitative estimate of drug-likeness (QED) is 0.771. The molecule has 2 rings (SSSR count). The van der Waals surface area contributed by atoms with Gasteiger partial charge < -0.3 is 5.11 Å². The standard InChI is InChI=1S/C12H16N4O3S/c1-16-9-13-12(15-16)5-6-14-20(18,19)11-4-2-3-10(7-11)8-17/h2-4,7,9,14,17H,5-6,8H2,1H3. The fraction of sp³-hybridized carbons (Fsp3) is 0.333. The van der Waals surface area contributed by atoms with Gasteiger partial charge in [-0.3, -0.25) is 4.68 Å². The van der Waals surface area contributed by atoms with Gasteiger partial charge in [0.15, 0.2) is 5.82 Å². The molecule has 2 aromatic rings. The van der Waals surface area contributed by atoms with E-state index in [1.807, 2.05) is 0 Å². The highest BCUT2D eigenvalue weighted by atomic mass is 32.2. The van der Waals surface area contributed by atoms with E-state index in [-0.39, 0.29) is 18.0 Å². The molecule has 0 atom stereocenters. The predicted octanol–water partition coefficient (Wildman–Crippen LogP) is -0.172. The van der Waals surface area contributed by atoms with Crippen molar-refractivity contribution in [3.8, 4) is 0 Å². The minimum Gasteiger partial charge on any atom is -0.392 e. The Hall–Kier alpha value is -1.77. The molecule has 108 valence electrons. The third-order valence-corrected chi connectivity index (χ3v) is 4.14. The van der Waals surface area contributed by atoms with Crippen molar-refractivity contribution in [1.29, 1.82) is 0 Å². The molecular formula is C12H16N4O3S. The van der Waals surface area contributed by atoms with Crippen LogP contribution in [0.25, 0.3) is 0 Å². The molecule has 0 spiro atoms. The maximum atomic E-state index is 12.1. The first-order valence-electron chi connectivity index (χ1n) is 6.05. The van der Waals surface area contributed by atoms with E-state index in [0.29, 0.717) is 17.8 Å². The van der Waals surface area contributed by atoms with Crippen molar-refractivity contribution >= 4 is 10.0 Å². The van der Waals surface area contributed by atoms with Gasteiger partial charge in [0.05, 0.1) is 11.5 Å². The fourth-order valence-corrected chi connectivity index (χ4v) is 2.79. The molecule has 20 heavy (non-hydrogen) atoms. The lowest BCUT2D eigenvalue weighted by Crippen LogP contribution is -2.26. The lowest BCUT2D eigenvalue weighted by Gasteiger charge is -2.06. The van der Waals surface area contributed by atoms with Crippen molar-refractivity contribution in [2.45, 2.75) is 17.9 Å². The summed E-state index contributed by atoms with van der Waals surface area (Å²) in [5.74, 6) is 0.583. The Labute approximate surface area is 117 Å². The number of hydrogen-bond donors (Lipinski definition) is 2. The molecule has 0 amide bonds. The van der Waals surface area contributed by atoms with Crippen molar-refractivity contribution in [2.24, 2.45) is 7.05 Å². The fourth-order valence-electron chi connectivity index (χ4n) is 1.69. The number of aliphatic hydroxyl groups excluding tert-OH is 1. The number of nitrogens with one attached hydrogen (secondary N) is 1. The summed E-state index contributed by atoms with van der Waals surface area (Å²) in [6.45, 7) is 0.0247. The second kappa shape index (κ2) is 6.12. The Bertz CT molecular complexity index is 682. The Balaban J connectivity index is 2.00. The van der Waals surface area contributed by atoms with Crippen LogP contribution < -0.4 is 4.72 Å². The van der Waals surface area contributed by atoms with Gasteiger partial charge in [0.25, 0.3) is 0 Å². The summed E-state index contributed by atoms with van der Waals surface area (Å²) in [4.78, 5) is 4.16. The molecule has 0 fully saturated rings. The van der Waals surface area contributed by atoms with Gasteiger partial charge in [-0.15, -0.1) is 0 Å². The van der Waals surface area contributed by atoms with Gasteiger partial charge in [-0.1, -0.05) is 12.1 Å². The van der Waals surface area contributed by atoms with Crippen LogP contribution in [0.5, 0.6) is 0 Å². The molecule has 1 aromatic heterocycles. The summed E-state index contributed by atoms with van der Waals surface area (Å²) in [6, 6.07) is 6.19. The van der Waals surface area contributed by atoms with Crippen molar-refractivity contribution in [3.05, 3.63) is 42.0 Å². The molecule has 0 unspecified atom stereocenters. The molecule has 1 heterocycles. The SMILES string of the molecule is Cn1cnc(CCNS(=O)(=O)c2cccc(CO)c2)n1.